The Morgan fingerprint density at radius 2 is 1.62 bits per heavy atom. The molecule has 6 nitrogen and oxygen atoms in total. The van der Waals surface area contributed by atoms with E-state index in [0.717, 1.165) is 17.7 Å². The van der Waals surface area contributed by atoms with Gasteiger partial charge in [0.05, 0.1) is 18.5 Å². The van der Waals surface area contributed by atoms with Gasteiger partial charge in [-0.3, -0.25) is 19.3 Å². The molecule has 0 radical (unpaired) electrons. The van der Waals surface area contributed by atoms with Crippen LogP contribution in [0.4, 0.5) is 0 Å². The molecular weight excluding hydrogens is 366 g/mol. The molecule has 3 aliphatic heterocycles. The van der Waals surface area contributed by atoms with Gasteiger partial charge in [0.1, 0.15) is 0 Å². The lowest BCUT2D eigenvalue weighted by Crippen LogP contribution is -2.64. The van der Waals surface area contributed by atoms with E-state index in [1.54, 1.807) is 0 Å². The predicted octanol–water partition coefficient (Wildman–Crippen LogP) is 1.31. The van der Waals surface area contributed by atoms with E-state index in [9.17, 15) is 14.4 Å². The molecule has 5 rings (SSSR count). The fourth-order valence-electron chi connectivity index (χ4n) is 4.79. The van der Waals surface area contributed by atoms with E-state index >= 15 is 0 Å². The fraction of sp³-hybridized carbons (Fsp3) is 0.348. The van der Waals surface area contributed by atoms with Crippen LogP contribution in [0, 0.1) is 11.8 Å². The van der Waals surface area contributed by atoms with Crippen molar-refractivity contribution >= 4 is 17.6 Å². The summed E-state index contributed by atoms with van der Waals surface area (Å²) in [5.41, 5.74) is 7.33. The van der Waals surface area contributed by atoms with Crippen molar-refractivity contribution in [3.63, 3.8) is 0 Å². The number of carbonyl (C=O) groups excluding carboxylic acids is 3. The molecule has 0 saturated carbocycles. The Kier molecular flexibility index (Phi) is 5.45. The first-order chi connectivity index (χ1) is 14.1. The third kappa shape index (κ3) is 3.80. The zero-order valence-corrected chi connectivity index (χ0v) is 16.2. The fourth-order valence-corrected chi connectivity index (χ4v) is 4.79. The molecule has 2 aromatic carbocycles. The molecule has 3 heterocycles. The number of nitrogens with zero attached hydrogens (tertiary/aromatic N) is 1. The van der Waals surface area contributed by atoms with Gasteiger partial charge in [-0.1, -0.05) is 60.7 Å². The maximum absolute atomic E-state index is 13.5. The highest BCUT2D eigenvalue weighted by atomic mass is 16.2. The van der Waals surface area contributed by atoms with Crippen LogP contribution in [-0.2, 0) is 14.4 Å². The van der Waals surface area contributed by atoms with Crippen LogP contribution in [0.15, 0.2) is 60.7 Å². The van der Waals surface area contributed by atoms with E-state index in [1.165, 1.54) is 0 Å². The number of Topliss-reactive ketones (excluding diaryl/α,β-unsaturated/α-hetero) is 1. The van der Waals surface area contributed by atoms with Gasteiger partial charge in [-0.25, -0.2) is 0 Å². The Morgan fingerprint density at radius 3 is 2.14 bits per heavy atom. The summed E-state index contributed by atoms with van der Waals surface area (Å²) in [7, 11) is 0. The number of hydrogen-bond acceptors (Lipinski definition) is 4. The van der Waals surface area contributed by atoms with E-state index in [4.69, 9.17) is 5.73 Å². The Morgan fingerprint density at radius 1 is 1.03 bits per heavy atom. The third-order valence-electron chi connectivity index (χ3n) is 6.10. The number of benzene rings is 2. The van der Waals surface area contributed by atoms with Gasteiger partial charge in [-0.2, -0.15) is 0 Å². The van der Waals surface area contributed by atoms with E-state index in [1.807, 2.05) is 36.4 Å². The Bertz CT molecular complexity index is 861. The number of nitrogens with one attached hydrogen (secondary N) is 1. The normalized spacial score (nSPS) is 25.8. The molecule has 4 unspecified atom stereocenters. The van der Waals surface area contributed by atoms with Crippen molar-refractivity contribution in [3.8, 4) is 0 Å². The average Bonchev–Trinajstić information content (AvgIpc) is 2.75. The van der Waals surface area contributed by atoms with Gasteiger partial charge < -0.3 is 11.1 Å². The second-order valence-corrected chi connectivity index (χ2v) is 7.83. The van der Waals surface area contributed by atoms with E-state index < -0.39 is 11.8 Å². The van der Waals surface area contributed by atoms with Crippen molar-refractivity contribution in [1.29, 1.82) is 0 Å². The number of rotatable bonds is 6. The van der Waals surface area contributed by atoms with Crippen molar-refractivity contribution in [1.82, 2.24) is 10.2 Å². The highest BCUT2D eigenvalue weighted by Gasteiger charge is 2.51. The summed E-state index contributed by atoms with van der Waals surface area (Å²) in [6, 6.07) is 19.9. The molecule has 0 aliphatic carbocycles. The standard InChI is InChI=1S/C23H25N3O3/c24-19(27)13-25-23(29)18-14-26-12-11-17(18)22(28)21(26)20(15-7-3-1-4-8-15)16-9-5-2-6-10-16/h1-10,17-18,20-21H,11-14H2,(H2,24,27)(H,25,29). The summed E-state index contributed by atoms with van der Waals surface area (Å²) in [6.45, 7) is 1.11. The summed E-state index contributed by atoms with van der Waals surface area (Å²) in [6.07, 6.45) is 0.667. The molecule has 150 valence electrons. The smallest absolute Gasteiger partial charge is 0.236 e. The first-order valence-electron chi connectivity index (χ1n) is 10.00. The molecule has 29 heavy (non-hydrogen) atoms. The largest absolute Gasteiger partial charge is 0.368 e. The Labute approximate surface area is 170 Å². The number of ketones is 1. The first-order valence-corrected chi connectivity index (χ1v) is 10.00. The van der Waals surface area contributed by atoms with Gasteiger partial charge in [-0.05, 0) is 24.1 Å². The number of nitrogens with two attached hydrogens (primary N) is 1. The molecule has 4 atom stereocenters. The number of fused-ring (bicyclic) bond motifs is 3. The molecule has 0 aromatic heterocycles. The number of carbonyl (C=O) groups is 3. The molecule has 0 spiro atoms. The van der Waals surface area contributed by atoms with E-state index in [-0.39, 0.29) is 36.1 Å². The molecular formula is C23H25N3O3. The monoisotopic (exact) mass is 391 g/mol. The number of piperidine rings is 3. The molecule has 2 amide bonds. The van der Waals surface area contributed by atoms with Crippen molar-refractivity contribution < 1.29 is 14.4 Å². The van der Waals surface area contributed by atoms with E-state index in [0.29, 0.717) is 13.0 Å². The summed E-state index contributed by atoms with van der Waals surface area (Å²) < 4.78 is 0. The van der Waals surface area contributed by atoms with Gasteiger partial charge in [0.2, 0.25) is 11.8 Å². The quantitative estimate of drug-likeness (QED) is 0.777. The summed E-state index contributed by atoms with van der Waals surface area (Å²) >= 11 is 0. The molecule has 3 aliphatic rings. The zero-order valence-electron chi connectivity index (χ0n) is 16.2. The number of hydrogen-bond donors (Lipinski definition) is 2. The topological polar surface area (TPSA) is 92.5 Å². The highest BCUT2D eigenvalue weighted by Crippen LogP contribution is 2.41. The summed E-state index contributed by atoms with van der Waals surface area (Å²) in [5, 5.41) is 2.57. The van der Waals surface area contributed by atoms with Crippen LogP contribution in [0.3, 0.4) is 0 Å². The van der Waals surface area contributed by atoms with Gasteiger partial charge in [0.15, 0.2) is 5.78 Å². The third-order valence-corrected chi connectivity index (χ3v) is 6.10. The molecule has 3 saturated heterocycles. The van der Waals surface area contributed by atoms with Gasteiger partial charge in [0, 0.05) is 18.4 Å². The maximum atomic E-state index is 13.5. The number of amides is 2. The summed E-state index contributed by atoms with van der Waals surface area (Å²) in [4.78, 5) is 39.2. The van der Waals surface area contributed by atoms with Crippen molar-refractivity contribution in [3.05, 3.63) is 71.8 Å². The average molecular weight is 391 g/mol. The van der Waals surface area contributed by atoms with Crippen LogP contribution >= 0.6 is 0 Å². The lowest BCUT2D eigenvalue weighted by molar-refractivity contribution is -0.150. The van der Waals surface area contributed by atoms with Crippen LogP contribution in [0.2, 0.25) is 0 Å². The summed E-state index contributed by atoms with van der Waals surface area (Å²) in [5.74, 6) is -1.58. The molecule has 6 heteroatoms. The lowest BCUT2D eigenvalue weighted by atomic mass is 9.68. The van der Waals surface area contributed by atoms with Crippen LogP contribution in [0.1, 0.15) is 23.5 Å². The lowest BCUT2D eigenvalue weighted by Gasteiger charge is -2.50. The van der Waals surface area contributed by atoms with Crippen molar-refractivity contribution in [2.75, 3.05) is 19.6 Å². The van der Waals surface area contributed by atoms with Crippen molar-refractivity contribution in [2.45, 2.75) is 18.4 Å². The van der Waals surface area contributed by atoms with Crippen molar-refractivity contribution in [2.24, 2.45) is 17.6 Å². The first kappa shape index (κ1) is 19.3. The minimum absolute atomic E-state index is 0.0812. The van der Waals surface area contributed by atoms with Crippen LogP contribution < -0.4 is 11.1 Å². The molecule has 2 aromatic rings. The van der Waals surface area contributed by atoms with Gasteiger partial charge >= 0.3 is 0 Å². The molecule has 3 N–H and O–H groups in total. The minimum Gasteiger partial charge on any atom is -0.368 e. The van der Waals surface area contributed by atoms with Gasteiger partial charge in [-0.15, -0.1) is 0 Å². The van der Waals surface area contributed by atoms with Crippen LogP contribution in [0.25, 0.3) is 0 Å². The minimum atomic E-state index is -0.586. The Hall–Kier alpha value is -2.99. The predicted molar refractivity (Wildman–Crippen MR) is 109 cm³/mol. The molecule has 3 fully saturated rings. The second-order valence-electron chi connectivity index (χ2n) is 7.83. The number of primary amides is 1. The van der Waals surface area contributed by atoms with E-state index in [2.05, 4.69) is 34.5 Å². The highest BCUT2D eigenvalue weighted by molar-refractivity contribution is 5.95. The van der Waals surface area contributed by atoms with Crippen LogP contribution in [-0.4, -0.2) is 48.2 Å². The maximum Gasteiger partial charge on any atom is 0.236 e. The SMILES string of the molecule is NC(=O)CNC(=O)C1CN2CCC1C(=O)C2C(c1ccccc1)c1ccccc1. The second kappa shape index (κ2) is 8.17. The Balaban J connectivity index is 1.64. The zero-order chi connectivity index (χ0) is 20.4. The van der Waals surface area contributed by atoms with Gasteiger partial charge in [0.25, 0.3) is 0 Å². The molecule has 2 bridgehead atoms. The van der Waals surface area contributed by atoms with Crippen LogP contribution in [0.5, 0.6) is 0 Å².